The first-order valence-electron chi connectivity index (χ1n) is 8.20. The van der Waals surface area contributed by atoms with Crippen molar-refractivity contribution in [1.29, 1.82) is 0 Å². The molecule has 21 heavy (non-hydrogen) atoms. The van der Waals surface area contributed by atoms with Gasteiger partial charge in [-0.1, -0.05) is 46.0 Å². The molecule has 0 amide bonds. The molecule has 0 saturated carbocycles. The van der Waals surface area contributed by atoms with Gasteiger partial charge >= 0.3 is 11.9 Å². The molecule has 0 aromatic rings. The Morgan fingerprint density at radius 3 is 2.24 bits per heavy atom. The minimum Gasteiger partial charge on any atom is -0.466 e. The van der Waals surface area contributed by atoms with Gasteiger partial charge in [0.2, 0.25) is 0 Å². The van der Waals surface area contributed by atoms with E-state index in [0.717, 1.165) is 25.7 Å². The van der Waals surface area contributed by atoms with Gasteiger partial charge in [-0.25, -0.2) is 0 Å². The summed E-state index contributed by atoms with van der Waals surface area (Å²) in [6.07, 6.45) is 12.4. The number of carbonyl (C=O) groups excluding carboxylic acids is 2. The molecule has 0 rings (SSSR count). The average Bonchev–Trinajstić information content (AvgIpc) is 2.48. The maximum Gasteiger partial charge on any atom is 0.311 e. The predicted octanol–water partition coefficient (Wildman–Crippen LogP) is 4.53. The summed E-state index contributed by atoms with van der Waals surface area (Å²) in [6, 6.07) is 0. The second-order valence-corrected chi connectivity index (χ2v) is 5.14. The number of ether oxygens (including phenoxy) is 2. The van der Waals surface area contributed by atoms with E-state index in [9.17, 15) is 9.59 Å². The molecule has 0 aliphatic heterocycles. The maximum absolute atomic E-state index is 11.4. The fourth-order valence-corrected chi connectivity index (χ4v) is 1.72. The molecule has 0 fully saturated rings. The van der Waals surface area contributed by atoms with Crippen molar-refractivity contribution in [1.82, 2.24) is 0 Å². The van der Waals surface area contributed by atoms with Crippen LogP contribution in [0.1, 0.15) is 78.1 Å². The molecule has 0 saturated heterocycles. The number of allylic oxidation sites excluding steroid dienone is 1. The molecule has 0 aliphatic rings. The minimum atomic E-state index is -0.385. The van der Waals surface area contributed by atoms with Crippen molar-refractivity contribution >= 4 is 11.9 Å². The monoisotopic (exact) mass is 298 g/mol. The summed E-state index contributed by atoms with van der Waals surface area (Å²) in [6.45, 7) is 4.66. The summed E-state index contributed by atoms with van der Waals surface area (Å²) in [4.78, 5) is 22.6. The summed E-state index contributed by atoms with van der Waals surface area (Å²) in [5, 5.41) is 0. The molecule has 0 aromatic carbocycles. The molecule has 0 spiro atoms. The van der Waals surface area contributed by atoms with Crippen LogP contribution in [-0.2, 0) is 19.1 Å². The molecular weight excluding hydrogens is 268 g/mol. The fraction of sp³-hybridized carbons (Fsp3) is 0.765. The van der Waals surface area contributed by atoms with Gasteiger partial charge in [0.05, 0.1) is 25.7 Å². The van der Waals surface area contributed by atoms with Gasteiger partial charge < -0.3 is 9.47 Å². The van der Waals surface area contributed by atoms with Crippen LogP contribution in [-0.4, -0.2) is 18.5 Å². The van der Waals surface area contributed by atoms with Gasteiger partial charge in [0.25, 0.3) is 0 Å². The van der Waals surface area contributed by atoms with Crippen molar-refractivity contribution in [3.63, 3.8) is 0 Å². The lowest BCUT2D eigenvalue weighted by Crippen LogP contribution is -2.09. The summed E-state index contributed by atoms with van der Waals surface area (Å²) in [5.41, 5.74) is 0. The Bertz CT molecular complexity index is 297. The standard InChI is InChI=1S/C17H30O4/c1-3-5-7-8-9-10-11-15-21-17(19)13-12-16(18)20-14-6-4-2/h11,15H,3-10,12-14H2,1-2H3. The molecular formula is C17H30O4. The number of unbranched alkanes of at least 4 members (excludes halogenated alkanes) is 6. The van der Waals surface area contributed by atoms with Crippen LogP contribution in [0.2, 0.25) is 0 Å². The lowest BCUT2D eigenvalue weighted by atomic mass is 10.1. The second-order valence-electron chi connectivity index (χ2n) is 5.14. The Morgan fingerprint density at radius 2 is 1.52 bits per heavy atom. The van der Waals surface area contributed by atoms with Crippen LogP contribution in [0.3, 0.4) is 0 Å². The molecule has 0 radical (unpaired) electrons. The molecule has 4 heteroatoms. The molecule has 0 aliphatic carbocycles. The third-order valence-corrected chi connectivity index (χ3v) is 3.06. The summed E-state index contributed by atoms with van der Waals surface area (Å²) in [7, 11) is 0. The average molecular weight is 298 g/mol. The van der Waals surface area contributed by atoms with Crippen LogP contribution in [0, 0.1) is 0 Å². The van der Waals surface area contributed by atoms with E-state index < -0.39 is 0 Å². The van der Waals surface area contributed by atoms with E-state index in [0.29, 0.717) is 6.61 Å². The Hall–Kier alpha value is -1.32. The van der Waals surface area contributed by atoms with E-state index in [2.05, 4.69) is 6.92 Å². The van der Waals surface area contributed by atoms with E-state index in [1.54, 1.807) is 0 Å². The van der Waals surface area contributed by atoms with Gasteiger partial charge in [0.15, 0.2) is 0 Å². The third-order valence-electron chi connectivity index (χ3n) is 3.06. The van der Waals surface area contributed by atoms with Gasteiger partial charge in [0.1, 0.15) is 0 Å². The first-order valence-corrected chi connectivity index (χ1v) is 8.20. The Labute approximate surface area is 128 Å². The molecule has 0 bridgehead atoms. The van der Waals surface area contributed by atoms with Gasteiger partial charge in [-0.15, -0.1) is 0 Å². The van der Waals surface area contributed by atoms with E-state index in [4.69, 9.17) is 9.47 Å². The number of carbonyl (C=O) groups is 2. The van der Waals surface area contributed by atoms with Gasteiger partial charge in [-0.05, 0) is 25.3 Å². The summed E-state index contributed by atoms with van der Waals surface area (Å²) in [5.74, 6) is -0.718. The topological polar surface area (TPSA) is 52.6 Å². The van der Waals surface area contributed by atoms with E-state index in [1.165, 1.54) is 31.9 Å². The van der Waals surface area contributed by atoms with Crippen LogP contribution in [0.15, 0.2) is 12.3 Å². The molecule has 0 unspecified atom stereocenters. The fourth-order valence-electron chi connectivity index (χ4n) is 1.72. The first kappa shape index (κ1) is 19.7. The van der Waals surface area contributed by atoms with Crippen molar-refractivity contribution in [2.24, 2.45) is 0 Å². The Kier molecular flexibility index (Phi) is 14.1. The highest BCUT2D eigenvalue weighted by atomic mass is 16.5. The highest BCUT2D eigenvalue weighted by molar-refractivity contribution is 5.77. The number of esters is 2. The van der Waals surface area contributed by atoms with Crippen molar-refractivity contribution < 1.29 is 19.1 Å². The van der Waals surface area contributed by atoms with Crippen LogP contribution in [0.25, 0.3) is 0 Å². The summed E-state index contributed by atoms with van der Waals surface area (Å²) < 4.78 is 9.88. The zero-order chi connectivity index (χ0) is 15.8. The van der Waals surface area contributed by atoms with Gasteiger partial charge in [-0.3, -0.25) is 9.59 Å². The van der Waals surface area contributed by atoms with Crippen LogP contribution in [0.5, 0.6) is 0 Å². The number of rotatable bonds is 13. The number of hydrogen-bond donors (Lipinski definition) is 0. The van der Waals surface area contributed by atoms with Crippen molar-refractivity contribution in [3.05, 3.63) is 12.3 Å². The highest BCUT2D eigenvalue weighted by Crippen LogP contribution is 2.05. The number of hydrogen-bond acceptors (Lipinski definition) is 4. The van der Waals surface area contributed by atoms with Crippen LogP contribution in [0.4, 0.5) is 0 Å². The quantitative estimate of drug-likeness (QED) is 0.285. The third kappa shape index (κ3) is 14.9. The minimum absolute atomic E-state index is 0.0752. The molecule has 0 atom stereocenters. The molecule has 0 N–H and O–H groups in total. The summed E-state index contributed by atoms with van der Waals surface area (Å²) >= 11 is 0. The molecule has 122 valence electrons. The SMILES string of the molecule is CCCCCCCC=COC(=O)CCC(=O)OCCCC. The maximum atomic E-state index is 11.4. The van der Waals surface area contributed by atoms with Crippen molar-refractivity contribution in [2.45, 2.75) is 78.1 Å². The normalized spacial score (nSPS) is 10.8. The van der Waals surface area contributed by atoms with Crippen molar-refractivity contribution in [3.8, 4) is 0 Å². The van der Waals surface area contributed by atoms with Gasteiger partial charge in [0, 0.05) is 0 Å². The first-order chi connectivity index (χ1) is 10.2. The Morgan fingerprint density at radius 1 is 0.857 bits per heavy atom. The van der Waals surface area contributed by atoms with Gasteiger partial charge in [-0.2, -0.15) is 0 Å². The highest BCUT2D eigenvalue weighted by Gasteiger charge is 2.07. The zero-order valence-electron chi connectivity index (χ0n) is 13.6. The largest absolute Gasteiger partial charge is 0.466 e. The predicted molar refractivity (Wildman–Crippen MR) is 83.7 cm³/mol. The van der Waals surface area contributed by atoms with E-state index in [-0.39, 0.29) is 24.8 Å². The smallest absolute Gasteiger partial charge is 0.311 e. The molecule has 0 aromatic heterocycles. The zero-order valence-corrected chi connectivity index (χ0v) is 13.6. The van der Waals surface area contributed by atoms with Crippen molar-refractivity contribution in [2.75, 3.05) is 6.61 Å². The van der Waals surface area contributed by atoms with Crippen LogP contribution >= 0.6 is 0 Å². The molecule has 4 nitrogen and oxygen atoms in total. The lowest BCUT2D eigenvalue weighted by Gasteiger charge is -2.03. The van der Waals surface area contributed by atoms with Crippen LogP contribution < -0.4 is 0 Å². The van der Waals surface area contributed by atoms with E-state index >= 15 is 0 Å². The second kappa shape index (κ2) is 15.1. The Balaban J connectivity index is 3.46. The molecule has 0 heterocycles. The lowest BCUT2D eigenvalue weighted by molar-refractivity contribution is -0.148. The van der Waals surface area contributed by atoms with E-state index in [1.807, 2.05) is 13.0 Å².